The molecule has 9 heteroatoms. The highest BCUT2D eigenvalue weighted by Crippen LogP contribution is 2.67. The Morgan fingerprint density at radius 2 is 2.05 bits per heavy atom. The van der Waals surface area contributed by atoms with Gasteiger partial charge in [-0.3, -0.25) is 4.79 Å². The van der Waals surface area contributed by atoms with Crippen LogP contribution in [0, 0.1) is 40.9 Å². The first-order chi connectivity index (χ1) is 18.1. The number of aliphatic hydroxyl groups is 1. The molecular weight excluding hydrogens is 484 g/mol. The summed E-state index contributed by atoms with van der Waals surface area (Å²) >= 11 is 0. The number of hydrogen-bond acceptors (Lipinski definition) is 6. The molecule has 4 unspecified atom stereocenters. The van der Waals surface area contributed by atoms with Gasteiger partial charge in [-0.1, -0.05) is 30.5 Å². The number of amides is 1. The number of imidazole rings is 1. The van der Waals surface area contributed by atoms with Crippen LogP contribution in [0.5, 0.6) is 0 Å². The number of terminal acetylenes is 1. The Kier molecular flexibility index (Phi) is 6.89. The van der Waals surface area contributed by atoms with Crippen LogP contribution in [0.4, 0.5) is 0 Å². The molecule has 204 valence electrons. The number of aromatic nitrogens is 2. The number of fused-ring (bicyclic) bond motifs is 5. The van der Waals surface area contributed by atoms with Crippen molar-refractivity contribution in [2.75, 3.05) is 6.61 Å². The van der Waals surface area contributed by atoms with Crippen molar-refractivity contribution in [3.05, 3.63) is 29.9 Å². The van der Waals surface area contributed by atoms with Gasteiger partial charge in [-0.05, 0) is 80.6 Å². The van der Waals surface area contributed by atoms with Crippen LogP contribution in [0.3, 0.4) is 0 Å². The summed E-state index contributed by atoms with van der Waals surface area (Å²) in [7, 11) is 0. The molecule has 0 bridgehead atoms. The number of aliphatic carboxylic acids is 1. The highest BCUT2D eigenvalue weighted by Gasteiger charge is 2.63. The zero-order valence-corrected chi connectivity index (χ0v) is 22.2. The average Bonchev–Trinajstić information content (AvgIpc) is 3.49. The summed E-state index contributed by atoms with van der Waals surface area (Å²) in [6.45, 7) is 4.25. The maximum atomic E-state index is 12.3. The summed E-state index contributed by atoms with van der Waals surface area (Å²) in [6, 6.07) is -1.08. The lowest BCUT2D eigenvalue weighted by Gasteiger charge is -2.58. The van der Waals surface area contributed by atoms with E-state index in [4.69, 9.17) is 11.3 Å². The monoisotopic (exact) mass is 522 g/mol. The first kappa shape index (κ1) is 26.5. The van der Waals surface area contributed by atoms with Crippen molar-refractivity contribution in [3.63, 3.8) is 0 Å². The van der Waals surface area contributed by atoms with Gasteiger partial charge in [-0.25, -0.2) is 9.78 Å². The number of nitrogens with zero attached hydrogens (tertiary/aromatic N) is 2. The molecule has 1 heterocycles. The Balaban J connectivity index is 1.20. The van der Waals surface area contributed by atoms with E-state index in [-0.39, 0.29) is 23.9 Å². The maximum absolute atomic E-state index is 12.3. The molecule has 1 aromatic rings. The van der Waals surface area contributed by atoms with Crippen LogP contribution in [0.1, 0.15) is 70.9 Å². The number of hydrogen-bond donors (Lipinski definition) is 4. The number of carboxylic acid groups (broad SMARTS) is 1. The fourth-order valence-corrected chi connectivity index (χ4v) is 8.12. The molecule has 4 aliphatic carbocycles. The minimum atomic E-state index is -1.13. The lowest BCUT2D eigenvalue weighted by Crippen LogP contribution is -2.54. The molecule has 3 fully saturated rings. The highest BCUT2D eigenvalue weighted by molar-refractivity contribution is 5.96. The molecule has 0 aromatic carbocycles. The van der Waals surface area contributed by atoms with Gasteiger partial charge >= 0.3 is 5.97 Å². The smallest absolute Gasteiger partial charge is 0.326 e. The molecule has 9 nitrogen and oxygen atoms in total. The Hall–Kier alpha value is -3.12. The first-order valence-electron chi connectivity index (χ1n) is 13.7. The molecule has 7 atom stereocenters. The number of allylic oxidation sites excluding steroid dienone is 2. The van der Waals surface area contributed by atoms with Crippen molar-refractivity contribution in [3.8, 4) is 12.3 Å². The Morgan fingerprint density at radius 1 is 1.26 bits per heavy atom. The molecule has 38 heavy (non-hydrogen) atoms. The van der Waals surface area contributed by atoms with Crippen LogP contribution < -0.4 is 5.32 Å². The van der Waals surface area contributed by atoms with Gasteiger partial charge in [0, 0.05) is 23.7 Å². The van der Waals surface area contributed by atoms with E-state index < -0.39 is 23.5 Å². The van der Waals surface area contributed by atoms with Gasteiger partial charge in [0.15, 0.2) is 6.61 Å². The van der Waals surface area contributed by atoms with Gasteiger partial charge in [0.2, 0.25) is 0 Å². The minimum Gasteiger partial charge on any atom is -0.480 e. The van der Waals surface area contributed by atoms with E-state index in [1.165, 1.54) is 18.1 Å². The van der Waals surface area contributed by atoms with Crippen LogP contribution in [-0.2, 0) is 20.8 Å². The number of rotatable bonds is 7. The predicted molar refractivity (Wildman–Crippen MR) is 141 cm³/mol. The van der Waals surface area contributed by atoms with E-state index in [1.54, 1.807) is 0 Å². The second-order valence-electron chi connectivity index (χ2n) is 12.1. The van der Waals surface area contributed by atoms with Crippen molar-refractivity contribution < 1.29 is 24.6 Å². The molecule has 5 rings (SSSR count). The quantitative estimate of drug-likeness (QED) is 0.321. The van der Waals surface area contributed by atoms with Crippen LogP contribution in [0.2, 0.25) is 0 Å². The van der Waals surface area contributed by atoms with Crippen LogP contribution in [-0.4, -0.2) is 56.0 Å². The van der Waals surface area contributed by atoms with Gasteiger partial charge in [-0.2, -0.15) is 0 Å². The van der Waals surface area contributed by atoms with Crippen molar-refractivity contribution in [1.29, 1.82) is 0 Å². The third-order valence-electron chi connectivity index (χ3n) is 10.4. The lowest BCUT2D eigenvalue weighted by molar-refractivity contribution is -0.142. The molecule has 0 aliphatic heterocycles. The molecule has 4 N–H and O–H groups in total. The summed E-state index contributed by atoms with van der Waals surface area (Å²) < 4.78 is 0. The number of carbonyl (C=O) groups is 2. The number of carbonyl (C=O) groups excluding carboxylic acids is 1. The maximum Gasteiger partial charge on any atom is 0.326 e. The van der Waals surface area contributed by atoms with Gasteiger partial charge in [0.25, 0.3) is 5.91 Å². The van der Waals surface area contributed by atoms with Crippen molar-refractivity contribution in [2.45, 2.75) is 83.3 Å². The van der Waals surface area contributed by atoms with E-state index in [2.05, 4.69) is 46.3 Å². The van der Waals surface area contributed by atoms with Crippen molar-refractivity contribution in [2.24, 2.45) is 33.7 Å². The number of carboxylic acids is 1. The first-order valence-corrected chi connectivity index (χ1v) is 13.7. The number of H-pyrrole nitrogens is 1. The summed E-state index contributed by atoms with van der Waals surface area (Å²) in [4.78, 5) is 35.9. The third kappa shape index (κ3) is 4.43. The molecule has 0 saturated heterocycles. The molecule has 3 saturated carbocycles. The zero-order valence-electron chi connectivity index (χ0n) is 22.2. The van der Waals surface area contributed by atoms with E-state index in [9.17, 15) is 19.8 Å². The molecule has 4 aliphatic rings. The number of aromatic amines is 1. The fraction of sp³-hybridized carbons (Fsp3) is 0.655. The largest absolute Gasteiger partial charge is 0.480 e. The van der Waals surface area contributed by atoms with Crippen molar-refractivity contribution >= 4 is 17.6 Å². The Labute approximate surface area is 223 Å². The number of nitrogens with one attached hydrogen (secondary N) is 2. The van der Waals surface area contributed by atoms with Gasteiger partial charge in [0.1, 0.15) is 11.6 Å². The summed E-state index contributed by atoms with van der Waals surface area (Å²) in [5.41, 5.74) is 1.75. The molecule has 0 spiro atoms. The van der Waals surface area contributed by atoms with Gasteiger partial charge in [-0.15, -0.1) is 6.42 Å². The summed E-state index contributed by atoms with van der Waals surface area (Å²) in [6.07, 6.45) is 18.6. The summed E-state index contributed by atoms with van der Waals surface area (Å²) in [5, 5.41) is 27.3. The van der Waals surface area contributed by atoms with Crippen LogP contribution in [0.15, 0.2) is 29.3 Å². The Bertz CT molecular complexity index is 1190. The topological polar surface area (TPSA) is 137 Å². The average molecular weight is 523 g/mol. The molecular formula is C29H38N4O5. The van der Waals surface area contributed by atoms with E-state index in [0.717, 1.165) is 50.7 Å². The fourth-order valence-electron chi connectivity index (χ4n) is 8.12. The molecule has 1 amide bonds. The van der Waals surface area contributed by atoms with Gasteiger partial charge < -0.3 is 25.4 Å². The standard InChI is InChI=1S/C29H38N4O5/c1-4-29(37)12-9-23-21-6-5-18-13-19(7-10-27(18,2)22(21)8-11-28(23,29)3)33-38-16-25(34)32-24(26(35)36)14-20-15-30-17-31-20/h1,13,15,17,21-24,37H,5-12,14,16H2,2-3H3,(H,30,31)(H,32,34)(H,35,36)/t21?,22?,23?,24?,27-,28-,29+/m0/s1. The third-order valence-corrected chi connectivity index (χ3v) is 10.4. The molecule has 1 aromatic heterocycles. The summed E-state index contributed by atoms with van der Waals surface area (Å²) in [5.74, 6) is 2.68. The minimum absolute atomic E-state index is 0.0961. The SMILES string of the molecule is C#C[C@@]1(O)CCC2C3CCC4=CC(=NOCC(=O)NC(Cc5cnc[nH]5)C(=O)O)CC[C@]4(C)C3CC[C@@]21C. The predicted octanol–water partition coefficient (Wildman–Crippen LogP) is 3.22. The zero-order chi connectivity index (χ0) is 27.1. The molecule has 0 radical (unpaired) electrons. The normalized spacial score (nSPS) is 37.7. The lowest BCUT2D eigenvalue weighted by atomic mass is 9.46. The number of oxime groups is 1. The van der Waals surface area contributed by atoms with E-state index >= 15 is 0 Å². The van der Waals surface area contributed by atoms with Crippen molar-refractivity contribution in [1.82, 2.24) is 15.3 Å². The Morgan fingerprint density at radius 3 is 2.76 bits per heavy atom. The van der Waals surface area contributed by atoms with Crippen LogP contribution >= 0.6 is 0 Å². The van der Waals surface area contributed by atoms with Crippen LogP contribution in [0.25, 0.3) is 0 Å². The highest BCUT2D eigenvalue weighted by atomic mass is 16.6. The van der Waals surface area contributed by atoms with E-state index in [0.29, 0.717) is 29.9 Å². The van der Waals surface area contributed by atoms with Gasteiger partial charge in [0.05, 0.1) is 12.0 Å². The second kappa shape index (κ2) is 9.88. The van der Waals surface area contributed by atoms with E-state index in [1.807, 2.05) is 0 Å². The second-order valence-corrected chi connectivity index (χ2v) is 12.1.